The number of nitrogens with zero attached hydrogens (tertiary/aromatic N) is 3. The predicted molar refractivity (Wildman–Crippen MR) is 82.6 cm³/mol. The van der Waals surface area contributed by atoms with Gasteiger partial charge in [-0.25, -0.2) is 12.7 Å². The maximum absolute atomic E-state index is 12.6. The van der Waals surface area contributed by atoms with Crippen LogP contribution in [0.25, 0.3) is 0 Å². The van der Waals surface area contributed by atoms with Gasteiger partial charge >= 0.3 is 0 Å². The smallest absolute Gasteiger partial charge is 0.246 e. The molecule has 1 aromatic heterocycles. The minimum atomic E-state index is -3.53. The predicted octanol–water partition coefficient (Wildman–Crippen LogP) is 1.06. The van der Waals surface area contributed by atoms with Gasteiger partial charge in [-0.1, -0.05) is 13.8 Å². The van der Waals surface area contributed by atoms with Crippen molar-refractivity contribution in [2.24, 2.45) is 18.2 Å². The fraction of sp³-hybridized carbons (Fsp3) is 0.750. The van der Waals surface area contributed by atoms with Crippen LogP contribution in [-0.2, 0) is 17.1 Å². The molecule has 0 atom stereocenters. The first-order chi connectivity index (χ1) is 8.53. The summed E-state index contributed by atoms with van der Waals surface area (Å²) < 4.78 is 28.2. The van der Waals surface area contributed by atoms with Crippen LogP contribution in [0.2, 0.25) is 0 Å². The molecule has 6 nitrogen and oxygen atoms in total. The zero-order valence-corrected chi connectivity index (χ0v) is 14.6. The molecular formula is C12H25ClN4O2S. The van der Waals surface area contributed by atoms with E-state index in [1.54, 1.807) is 32.6 Å². The van der Waals surface area contributed by atoms with E-state index in [9.17, 15) is 8.42 Å². The van der Waals surface area contributed by atoms with Gasteiger partial charge in [-0.15, -0.1) is 12.4 Å². The molecule has 1 heterocycles. The van der Waals surface area contributed by atoms with E-state index in [0.29, 0.717) is 29.4 Å². The minimum absolute atomic E-state index is 0. The van der Waals surface area contributed by atoms with Gasteiger partial charge in [0.05, 0.1) is 11.4 Å². The molecule has 118 valence electrons. The molecule has 0 amide bonds. The fourth-order valence-corrected chi connectivity index (χ4v) is 3.79. The van der Waals surface area contributed by atoms with Gasteiger partial charge < -0.3 is 5.73 Å². The molecule has 0 saturated carbocycles. The summed E-state index contributed by atoms with van der Waals surface area (Å²) in [6, 6.07) is 0. The molecule has 0 radical (unpaired) electrons. The summed E-state index contributed by atoms with van der Waals surface area (Å²) in [6.07, 6.45) is 0. The zero-order chi connectivity index (χ0) is 15.0. The monoisotopic (exact) mass is 324 g/mol. The number of hydrogen-bond acceptors (Lipinski definition) is 4. The zero-order valence-electron chi connectivity index (χ0n) is 13.0. The number of aromatic nitrogens is 2. The van der Waals surface area contributed by atoms with Gasteiger partial charge in [0.1, 0.15) is 4.90 Å². The molecular weight excluding hydrogens is 300 g/mol. The van der Waals surface area contributed by atoms with Gasteiger partial charge in [-0.05, 0) is 25.8 Å². The molecule has 0 saturated heterocycles. The molecule has 0 unspecified atom stereocenters. The normalized spacial score (nSPS) is 12.6. The largest absolute Gasteiger partial charge is 0.330 e. The van der Waals surface area contributed by atoms with Crippen LogP contribution in [0.1, 0.15) is 25.2 Å². The van der Waals surface area contributed by atoms with Crippen molar-refractivity contribution in [1.29, 1.82) is 0 Å². The highest BCUT2D eigenvalue weighted by Gasteiger charge is 2.31. The lowest BCUT2D eigenvalue weighted by Gasteiger charge is -2.28. The van der Waals surface area contributed by atoms with E-state index >= 15 is 0 Å². The number of nitrogens with two attached hydrogens (primary N) is 1. The third-order valence-corrected chi connectivity index (χ3v) is 5.37. The Balaban J connectivity index is 0.00000361. The van der Waals surface area contributed by atoms with E-state index in [1.807, 2.05) is 13.8 Å². The lowest BCUT2D eigenvalue weighted by Crippen LogP contribution is -2.40. The third-order valence-electron chi connectivity index (χ3n) is 3.31. The summed E-state index contributed by atoms with van der Waals surface area (Å²) in [5.41, 5.74) is 6.58. The van der Waals surface area contributed by atoms with Crippen molar-refractivity contribution < 1.29 is 8.42 Å². The van der Waals surface area contributed by atoms with E-state index < -0.39 is 10.0 Å². The summed E-state index contributed by atoms with van der Waals surface area (Å²) in [5, 5.41) is 4.16. The number of sulfonamides is 1. The number of halogens is 1. The van der Waals surface area contributed by atoms with Gasteiger partial charge in [-0.3, -0.25) is 4.68 Å². The SMILES string of the molecule is Cc1nn(C)c(C)c1S(=O)(=O)N(C)CC(C)(C)CN.Cl. The summed E-state index contributed by atoms with van der Waals surface area (Å²) in [6.45, 7) is 8.16. The van der Waals surface area contributed by atoms with Crippen LogP contribution in [0.5, 0.6) is 0 Å². The Morgan fingerprint density at radius 3 is 2.20 bits per heavy atom. The first kappa shape index (κ1) is 19.4. The Bertz CT molecular complexity index is 566. The van der Waals surface area contributed by atoms with Crippen LogP contribution in [0.4, 0.5) is 0 Å². The Kier molecular flexibility index (Phi) is 6.22. The van der Waals surface area contributed by atoms with E-state index in [-0.39, 0.29) is 17.8 Å². The van der Waals surface area contributed by atoms with Gasteiger partial charge in [0.15, 0.2) is 0 Å². The molecule has 0 spiro atoms. The molecule has 0 aliphatic heterocycles. The average Bonchev–Trinajstić information content (AvgIpc) is 2.52. The van der Waals surface area contributed by atoms with Crippen molar-refractivity contribution in [2.75, 3.05) is 20.1 Å². The molecule has 0 bridgehead atoms. The van der Waals surface area contributed by atoms with Crippen molar-refractivity contribution in [3.05, 3.63) is 11.4 Å². The molecule has 1 aromatic rings. The summed E-state index contributed by atoms with van der Waals surface area (Å²) >= 11 is 0. The topological polar surface area (TPSA) is 81.2 Å². The van der Waals surface area contributed by atoms with Crippen molar-refractivity contribution in [2.45, 2.75) is 32.6 Å². The van der Waals surface area contributed by atoms with Crippen molar-refractivity contribution >= 4 is 22.4 Å². The standard InChI is InChI=1S/C12H24N4O2S.ClH/c1-9-11(10(2)16(6)14-9)19(17,18)15(5)8-12(3,4)7-13;/h7-8,13H2,1-6H3;1H. The third kappa shape index (κ3) is 3.72. The number of hydrogen-bond donors (Lipinski definition) is 1. The Morgan fingerprint density at radius 2 is 1.85 bits per heavy atom. The van der Waals surface area contributed by atoms with Crippen LogP contribution < -0.4 is 5.73 Å². The lowest BCUT2D eigenvalue weighted by molar-refractivity contribution is 0.291. The van der Waals surface area contributed by atoms with Gasteiger partial charge in [0, 0.05) is 20.6 Å². The highest BCUT2D eigenvalue weighted by molar-refractivity contribution is 7.89. The van der Waals surface area contributed by atoms with E-state index in [1.165, 1.54) is 4.31 Å². The second kappa shape index (κ2) is 6.43. The number of aryl methyl sites for hydroxylation is 2. The highest BCUT2D eigenvalue weighted by atomic mass is 35.5. The Morgan fingerprint density at radius 1 is 1.35 bits per heavy atom. The Labute approximate surface area is 127 Å². The first-order valence-corrected chi connectivity index (χ1v) is 7.63. The second-order valence-corrected chi connectivity index (χ2v) is 7.73. The Hall–Kier alpha value is -0.630. The quantitative estimate of drug-likeness (QED) is 0.878. The van der Waals surface area contributed by atoms with Gasteiger partial charge in [0.25, 0.3) is 0 Å². The molecule has 0 aliphatic carbocycles. The van der Waals surface area contributed by atoms with E-state index in [4.69, 9.17) is 5.73 Å². The van der Waals surface area contributed by atoms with E-state index in [0.717, 1.165) is 0 Å². The fourth-order valence-electron chi connectivity index (χ4n) is 2.04. The van der Waals surface area contributed by atoms with Gasteiger partial charge in [0.2, 0.25) is 10.0 Å². The molecule has 1 rings (SSSR count). The first-order valence-electron chi connectivity index (χ1n) is 6.19. The summed E-state index contributed by atoms with van der Waals surface area (Å²) in [4.78, 5) is 0.297. The molecule has 20 heavy (non-hydrogen) atoms. The van der Waals surface area contributed by atoms with E-state index in [2.05, 4.69) is 5.10 Å². The number of rotatable bonds is 5. The van der Waals surface area contributed by atoms with Crippen molar-refractivity contribution in [3.8, 4) is 0 Å². The molecule has 0 fully saturated rings. The van der Waals surface area contributed by atoms with Crippen LogP contribution in [0.15, 0.2) is 4.90 Å². The maximum Gasteiger partial charge on any atom is 0.246 e. The summed E-state index contributed by atoms with van der Waals surface area (Å²) in [5.74, 6) is 0. The molecule has 0 aliphatic rings. The molecule has 0 aromatic carbocycles. The van der Waals surface area contributed by atoms with Gasteiger partial charge in [-0.2, -0.15) is 5.10 Å². The minimum Gasteiger partial charge on any atom is -0.330 e. The van der Waals surface area contributed by atoms with Crippen molar-refractivity contribution in [1.82, 2.24) is 14.1 Å². The van der Waals surface area contributed by atoms with Crippen LogP contribution in [-0.4, -0.2) is 42.6 Å². The second-order valence-electron chi connectivity index (χ2n) is 5.75. The highest BCUT2D eigenvalue weighted by Crippen LogP contribution is 2.24. The van der Waals surface area contributed by atoms with Crippen LogP contribution >= 0.6 is 12.4 Å². The maximum atomic E-state index is 12.6. The molecule has 2 N–H and O–H groups in total. The van der Waals surface area contributed by atoms with Crippen molar-refractivity contribution in [3.63, 3.8) is 0 Å². The molecule has 8 heteroatoms. The lowest BCUT2D eigenvalue weighted by atomic mass is 9.94. The van der Waals surface area contributed by atoms with Crippen LogP contribution in [0.3, 0.4) is 0 Å². The summed E-state index contributed by atoms with van der Waals surface area (Å²) in [7, 11) is -0.205. The average molecular weight is 325 g/mol. The van der Waals surface area contributed by atoms with Crippen LogP contribution in [0, 0.1) is 19.3 Å².